The molecule has 112 valence electrons. The van der Waals surface area contributed by atoms with Crippen LogP contribution in [0.15, 0.2) is 41.1 Å². The van der Waals surface area contributed by atoms with Crippen LogP contribution >= 0.6 is 0 Å². The highest BCUT2D eigenvalue weighted by Gasteiger charge is 2.11. The number of nitrogens with zero attached hydrogens (tertiary/aromatic N) is 2. The molecule has 0 saturated carbocycles. The van der Waals surface area contributed by atoms with Crippen LogP contribution < -0.4 is 0 Å². The molecule has 0 bridgehead atoms. The number of esters is 1. The number of oxazole rings is 1. The van der Waals surface area contributed by atoms with Crippen molar-refractivity contribution in [3.05, 3.63) is 53.7 Å². The summed E-state index contributed by atoms with van der Waals surface area (Å²) in [4.78, 5) is 15.2. The first-order chi connectivity index (χ1) is 10.1. The van der Waals surface area contributed by atoms with E-state index in [1.165, 1.54) is 23.9 Å². The molecular formula is C13H13N2O5S-. The van der Waals surface area contributed by atoms with E-state index in [1.54, 1.807) is 24.3 Å². The lowest BCUT2D eigenvalue weighted by Gasteiger charge is -2.22. The van der Waals surface area contributed by atoms with E-state index in [2.05, 4.69) is 9.72 Å². The average Bonchev–Trinajstić information content (AvgIpc) is 2.99. The number of methoxy groups -OCH3 is 1. The maximum Gasteiger partial charge on any atom is 0.337 e. The van der Waals surface area contributed by atoms with Gasteiger partial charge >= 0.3 is 5.97 Å². The van der Waals surface area contributed by atoms with Crippen molar-refractivity contribution in [1.82, 2.24) is 9.29 Å². The second kappa shape index (κ2) is 7.11. The molecule has 0 fully saturated rings. The second-order valence-electron chi connectivity index (χ2n) is 4.13. The minimum absolute atomic E-state index is 0.0435. The van der Waals surface area contributed by atoms with E-state index in [1.807, 2.05) is 0 Å². The van der Waals surface area contributed by atoms with Gasteiger partial charge in [-0.2, -0.15) is 0 Å². The average molecular weight is 309 g/mol. The van der Waals surface area contributed by atoms with Crippen LogP contribution in [0.1, 0.15) is 21.8 Å². The van der Waals surface area contributed by atoms with Gasteiger partial charge in [-0.25, -0.2) is 14.1 Å². The molecule has 0 aliphatic rings. The predicted octanol–water partition coefficient (Wildman–Crippen LogP) is 1.26. The number of hydrogen-bond donors (Lipinski definition) is 0. The zero-order valence-corrected chi connectivity index (χ0v) is 12.0. The molecular weight excluding hydrogens is 296 g/mol. The van der Waals surface area contributed by atoms with Crippen molar-refractivity contribution in [2.24, 2.45) is 0 Å². The van der Waals surface area contributed by atoms with Crippen LogP contribution in [0.4, 0.5) is 0 Å². The zero-order valence-electron chi connectivity index (χ0n) is 11.2. The molecule has 0 N–H and O–H groups in total. The Balaban J connectivity index is 2.06. The number of carbonyl (C=O) groups excluding carboxylic acids is 1. The highest BCUT2D eigenvalue weighted by atomic mass is 32.2. The van der Waals surface area contributed by atoms with Crippen molar-refractivity contribution in [1.29, 1.82) is 0 Å². The van der Waals surface area contributed by atoms with E-state index in [9.17, 15) is 13.6 Å². The Kier molecular flexibility index (Phi) is 5.20. The third-order valence-corrected chi connectivity index (χ3v) is 3.42. The van der Waals surface area contributed by atoms with Crippen molar-refractivity contribution in [3.63, 3.8) is 0 Å². The van der Waals surface area contributed by atoms with Crippen molar-refractivity contribution in [3.8, 4) is 0 Å². The molecule has 1 aromatic heterocycles. The molecule has 7 nitrogen and oxygen atoms in total. The molecule has 0 spiro atoms. The summed E-state index contributed by atoms with van der Waals surface area (Å²) in [5, 5.41) is 0. The quantitative estimate of drug-likeness (QED) is 0.589. The Labute approximate surface area is 124 Å². The summed E-state index contributed by atoms with van der Waals surface area (Å²) in [6.07, 6.45) is 2.83. The summed E-state index contributed by atoms with van der Waals surface area (Å²) < 4.78 is 33.3. The highest BCUT2D eigenvalue weighted by Crippen LogP contribution is 2.12. The molecule has 0 radical (unpaired) electrons. The maximum absolute atomic E-state index is 11.3. The molecule has 0 aliphatic carbocycles. The SMILES string of the molecule is COC(=O)c1ccc(CN(Cc2ncco2)S(=O)[O-])cc1. The first kappa shape index (κ1) is 15.4. The van der Waals surface area contributed by atoms with E-state index in [-0.39, 0.29) is 13.1 Å². The first-order valence-electron chi connectivity index (χ1n) is 6.00. The topological polar surface area (TPSA) is 95.7 Å². The summed E-state index contributed by atoms with van der Waals surface area (Å²) in [6, 6.07) is 6.50. The maximum atomic E-state index is 11.3. The van der Waals surface area contributed by atoms with Gasteiger partial charge in [-0.3, -0.25) is 4.21 Å². The Bertz CT molecular complexity index is 612. The van der Waals surface area contributed by atoms with Gasteiger partial charge in [0, 0.05) is 17.8 Å². The molecule has 21 heavy (non-hydrogen) atoms. The minimum Gasteiger partial charge on any atom is -0.760 e. The standard InChI is InChI=1S/C13H14N2O5S/c1-19-13(16)11-4-2-10(3-5-11)8-15(21(17)18)9-12-14-6-7-20-12/h2-7H,8-9H2,1H3,(H,17,18)/p-1. The Morgan fingerprint density at radius 2 is 2.10 bits per heavy atom. The first-order valence-corrected chi connectivity index (χ1v) is 7.03. The van der Waals surface area contributed by atoms with E-state index >= 15 is 0 Å². The van der Waals surface area contributed by atoms with Gasteiger partial charge in [-0.15, -0.1) is 0 Å². The van der Waals surface area contributed by atoms with Crippen molar-refractivity contribution >= 4 is 17.2 Å². The van der Waals surface area contributed by atoms with Crippen LogP contribution in [0.3, 0.4) is 0 Å². The molecule has 1 unspecified atom stereocenters. The minimum atomic E-state index is -2.41. The number of ether oxygens (including phenoxy) is 1. The van der Waals surface area contributed by atoms with Crippen LogP contribution in [0.25, 0.3) is 0 Å². The monoisotopic (exact) mass is 309 g/mol. The van der Waals surface area contributed by atoms with Gasteiger partial charge in [-0.1, -0.05) is 12.1 Å². The van der Waals surface area contributed by atoms with Crippen LogP contribution in [0, 0.1) is 0 Å². The fourth-order valence-electron chi connectivity index (χ4n) is 1.71. The number of carbonyl (C=O) groups is 1. The number of benzene rings is 1. The normalized spacial score (nSPS) is 12.3. The largest absolute Gasteiger partial charge is 0.760 e. The predicted molar refractivity (Wildman–Crippen MR) is 72.5 cm³/mol. The van der Waals surface area contributed by atoms with E-state index in [0.29, 0.717) is 11.5 Å². The lowest BCUT2D eigenvalue weighted by Crippen LogP contribution is -2.25. The van der Waals surface area contributed by atoms with E-state index in [4.69, 9.17) is 4.42 Å². The zero-order chi connectivity index (χ0) is 15.2. The van der Waals surface area contributed by atoms with Crippen molar-refractivity contribution in [2.45, 2.75) is 13.1 Å². The molecule has 8 heteroatoms. The molecule has 1 aromatic carbocycles. The fourth-order valence-corrected chi connectivity index (χ4v) is 2.18. The molecule has 0 aliphatic heterocycles. The lowest BCUT2D eigenvalue weighted by molar-refractivity contribution is 0.0600. The Morgan fingerprint density at radius 1 is 1.38 bits per heavy atom. The molecule has 0 amide bonds. The van der Waals surface area contributed by atoms with Gasteiger partial charge < -0.3 is 13.7 Å². The van der Waals surface area contributed by atoms with Crippen LogP contribution in [-0.2, 0) is 29.1 Å². The van der Waals surface area contributed by atoms with Gasteiger partial charge in [-0.05, 0) is 17.7 Å². The summed E-state index contributed by atoms with van der Waals surface area (Å²) in [5.41, 5.74) is 1.14. The summed E-state index contributed by atoms with van der Waals surface area (Å²) >= 11 is -2.41. The van der Waals surface area contributed by atoms with E-state index < -0.39 is 17.2 Å². The Hall–Kier alpha value is -2.03. The van der Waals surface area contributed by atoms with Gasteiger partial charge in [0.25, 0.3) is 0 Å². The number of rotatable bonds is 6. The third kappa shape index (κ3) is 4.22. The van der Waals surface area contributed by atoms with E-state index in [0.717, 1.165) is 5.56 Å². The smallest absolute Gasteiger partial charge is 0.337 e. The molecule has 2 rings (SSSR count). The van der Waals surface area contributed by atoms with Crippen LogP contribution in [-0.4, -0.2) is 31.1 Å². The van der Waals surface area contributed by atoms with Gasteiger partial charge in [0.1, 0.15) is 6.26 Å². The number of aromatic nitrogens is 1. The third-order valence-electron chi connectivity index (χ3n) is 2.74. The van der Waals surface area contributed by atoms with Gasteiger partial charge in [0.15, 0.2) is 0 Å². The van der Waals surface area contributed by atoms with Gasteiger partial charge in [0.2, 0.25) is 5.89 Å². The molecule has 1 heterocycles. The fraction of sp³-hybridized carbons (Fsp3) is 0.231. The van der Waals surface area contributed by atoms with Crippen molar-refractivity contribution < 1.29 is 22.7 Å². The number of hydrogen-bond acceptors (Lipinski definition) is 6. The summed E-state index contributed by atoms with van der Waals surface area (Å²) in [5.74, 6) is -0.129. The van der Waals surface area contributed by atoms with Gasteiger partial charge in [0.05, 0.1) is 25.4 Å². The van der Waals surface area contributed by atoms with Crippen LogP contribution in [0.2, 0.25) is 0 Å². The summed E-state index contributed by atoms with van der Waals surface area (Å²) in [6.45, 7) is 0.196. The van der Waals surface area contributed by atoms with Crippen LogP contribution in [0.5, 0.6) is 0 Å². The molecule has 0 saturated heterocycles. The molecule has 2 aromatic rings. The summed E-state index contributed by atoms with van der Waals surface area (Å²) in [7, 11) is 1.30. The second-order valence-corrected chi connectivity index (χ2v) is 5.08. The lowest BCUT2D eigenvalue weighted by atomic mass is 10.1. The van der Waals surface area contributed by atoms with Crippen molar-refractivity contribution in [2.75, 3.05) is 7.11 Å². The molecule has 1 atom stereocenters. The Morgan fingerprint density at radius 3 is 2.62 bits per heavy atom. The highest BCUT2D eigenvalue weighted by molar-refractivity contribution is 7.76.